The Bertz CT molecular complexity index is 785. The summed E-state index contributed by atoms with van der Waals surface area (Å²) in [4.78, 5) is 7.17. The van der Waals surface area contributed by atoms with Crippen molar-refractivity contribution >= 4 is 12.0 Å². The normalized spacial score (nSPS) is 18.1. The minimum absolute atomic E-state index is 0.202. The van der Waals surface area contributed by atoms with E-state index in [0.717, 1.165) is 43.9 Å². The highest BCUT2D eigenvalue weighted by Crippen LogP contribution is 2.34. The third-order valence-corrected chi connectivity index (χ3v) is 5.01. The van der Waals surface area contributed by atoms with Crippen molar-refractivity contribution in [3.8, 4) is 11.1 Å². The Balaban J connectivity index is 1.78. The lowest BCUT2D eigenvalue weighted by Gasteiger charge is -2.24. The highest BCUT2D eigenvalue weighted by Gasteiger charge is 2.20. The molecule has 0 unspecified atom stereocenters. The van der Waals surface area contributed by atoms with Crippen molar-refractivity contribution in [3.05, 3.63) is 47.4 Å². The molecule has 5 heteroatoms. The molecule has 2 heterocycles. The summed E-state index contributed by atoms with van der Waals surface area (Å²) in [5.41, 5.74) is 4.72. The SMILES string of the molecule is CN1CC=NN(c2cc(-c3ccc(F)cc3)c3c(n2)CCCC3)CC1. The lowest BCUT2D eigenvalue weighted by Crippen LogP contribution is -2.28. The molecule has 4 nitrogen and oxygen atoms in total. The number of benzene rings is 1. The maximum atomic E-state index is 13.3. The van der Waals surface area contributed by atoms with Crippen LogP contribution in [0.5, 0.6) is 0 Å². The summed E-state index contributed by atoms with van der Waals surface area (Å²) >= 11 is 0. The van der Waals surface area contributed by atoms with Crippen LogP contribution in [0.15, 0.2) is 35.4 Å². The Hall–Kier alpha value is -2.27. The Morgan fingerprint density at radius 2 is 1.84 bits per heavy atom. The zero-order valence-electron chi connectivity index (χ0n) is 14.6. The summed E-state index contributed by atoms with van der Waals surface area (Å²) in [6.07, 6.45) is 6.36. The van der Waals surface area contributed by atoms with Crippen LogP contribution in [0, 0.1) is 5.82 Å². The monoisotopic (exact) mass is 338 g/mol. The van der Waals surface area contributed by atoms with Gasteiger partial charge in [-0.1, -0.05) is 12.1 Å². The third kappa shape index (κ3) is 3.42. The zero-order chi connectivity index (χ0) is 17.2. The fraction of sp³-hybridized carbons (Fsp3) is 0.400. The summed E-state index contributed by atoms with van der Waals surface area (Å²) in [7, 11) is 2.10. The fourth-order valence-corrected chi connectivity index (χ4v) is 3.57. The standard InChI is InChI=1S/C20H23FN4/c1-24-11-10-22-25(13-12-24)20-14-18(15-6-8-16(21)9-7-15)17-4-2-3-5-19(17)23-20/h6-10,14H,2-5,11-13H2,1H3. The van der Waals surface area contributed by atoms with Gasteiger partial charge >= 0.3 is 0 Å². The Morgan fingerprint density at radius 3 is 2.68 bits per heavy atom. The van der Waals surface area contributed by atoms with E-state index in [1.807, 2.05) is 23.4 Å². The van der Waals surface area contributed by atoms with Gasteiger partial charge in [0.2, 0.25) is 0 Å². The third-order valence-electron chi connectivity index (χ3n) is 5.01. The Labute approximate surface area is 148 Å². The molecule has 130 valence electrons. The number of fused-ring (bicyclic) bond motifs is 1. The second kappa shape index (κ2) is 6.92. The Kier molecular flexibility index (Phi) is 4.49. The number of anilines is 1. The van der Waals surface area contributed by atoms with Crippen molar-refractivity contribution in [1.82, 2.24) is 9.88 Å². The largest absolute Gasteiger partial charge is 0.299 e. The van der Waals surface area contributed by atoms with Gasteiger partial charge in [0.1, 0.15) is 11.6 Å². The Morgan fingerprint density at radius 1 is 1.04 bits per heavy atom. The second-order valence-corrected chi connectivity index (χ2v) is 6.85. The van der Waals surface area contributed by atoms with Crippen LogP contribution < -0.4 is 5.01 Å². The van der Waals surface area contributed by atoms with Crippen LogP contribution in [0.2, 0.25) is 0 Å². The van der Waals surface area contributed by atoms with Gasteiger partial charge in [0.25, 0.3) is 0 Å². The van der Waals surface area contributed by atoms with Crippen molar-refractivity contribution in [2.24, 2.45) is 5.10 Å². The van der Waals surface area contributed by atoms with E-state index in [1.165, 1.54) is 41.8 Å². The molecule has 2 aromatic rings. The molecule has 0 saturated carbocycles. The summed E-state index contributed by atoms with van der Waals surface area (Å²) in [6, 6.07) is 8.92. The molecule has 1 aromatic heterocycles. The molecule has 1 aliphatic carbocycles. The number of hydrazone groups is 1. The first-order valence-electron chi connectivity index (χ1n) is 8.98. The highest BCUT2D eigenvalue weighted by atomic mass is 19.1. The van der Waals surface area contributed by atoms with Crippen LogP contribution in [0.4, 0.5) is 10.2 Å². The van der Waals surface area contributed by atoms with Gasteiger partial charge in [0, 0.05) is 25.0 Å². The van der Waals surface area contributed by atoms with Gasteiger partial charge in [0.15, 0.2) is 0 Å². The number of hydrogen-bond acceptors (Lipinski definition) is 4. The first-order valence-corrected chi connectivity index (χ1v) is 8.98. The van der Waals surface area contributed by atoms with Crippen LogP contribution in [0.1, 0.15) is 24.1 Å². The van der Waals surface area contributed by atoms with Crippen molar-refractivity contribution < 1.29 is 4.39 Å². The van der Waals surface area contributed by atoms with Crippen molar-refractivity contribution in [1.29, 1.82) is 0 Å². The average Bonchev–Trinajstić information content (AvgIpc) is 2.86. The summed E-state index contributed by atoms with van der Waals surface area (Å²) in [5.74, 6) is 0.693. The van der Waals surface area contributed by atoms with Gasteiger partial charge in [-0.25, -0.2) is 14.4 Å². The van der Waals surface area contributed by atoms with Crippen molar-refractivity contribution in [3.63, 3.8) is 0 Å². The van der Waals surface area contributed by atoms with E-state index >= 15 is 0 Å². The number of likely N-dealkylation sites (N-methyl/N-ethyl adjacent to an activating group) is 1. The molecule has 25 heavy (non-hydrogen) atoms. The average molecular weight is 338 g/mol. The molecule has 0 fully saturated rings. The van der Waals surface area contributed by atoms with Crippen LogP contribution in [0.25, 0.3) is 11.1 Å². The molecule has 1 aliphatic heterocycles. The van der Waals surface area contributed by atoms with E-state index in [0.29, 0.717) is 0 Å². The van der Waals surface area contributed by atoms with Crippen molar-refractivity contribution in [2.75, 3.05) is 31.7 Å². The number of halogens is 1. The quantitative estimate of drug-likeness (QED) is 0.840. The second-order valence-electron chi connectivity index (χ2n) is 6.85. The lowest BCUT2D eigenvalue weighted by molar-refractivity contribution is 0.397. The lowest BCUT2D eigenvalue weighted by atomic mass is 9.89. The number of aryl methyl sites for hydroxylation is 1. The smallest absolute Gasteiger partial charge is 0.149 e. The van der Waals surface area contributed by atoms with Crippen LogP contribution in [-0.4, -0.2) is 42.8 Å². The van der Waals surface area contributed by atoms with E-state index in [9.17, 15) is 4.39 Å². The predicted molar refractivity (Wildman–Crippen MR) is 99.6 cm³/mol. The predicted octanol–water partition coefficient (Wildman–Crippen LogP) is 3.50. The minimum Gasteiger partial charge on any atom is -0.299 e. The van der Waals surface area contributed by atoms with Gasteiger partial charge in [-0.05, 0) is 67.6 Å². The van der Waals surface area contributed by atoms with E-state index in [1.54, 1.807) is 0 Å². The van der Waals surface area contributed by atoms with Gasteiger partial charge < -0.3 is 0 Å². The number of aromatic nitrogens is 1. The highest BCUT2D eigenvalue weighted by molar-refractivity contribution is 5.72. The molecule has 0 bridgehead atoms. The van der Waals surface area contributed by atoms with Crippen molar-refractivity contribution in [2.45, 2.75) is 25.7 Å². The number of rotatable bonds is 2. The molecule has 0 amide bonds. The van der Waals surface area contributed by atoms with Crippen LogP contribution >= 0.6 is 0 Å². The van der Waals surface area contributed by atoms with Crippen LogP contribution in [0.3, 0.4) is 0 Å². The molecule has 0 atom stereocenters. The number of nitrogens with zero attached hydrogens (tertiary/aromatic N) is 4. The number of pyridine rings is 1. The molecule has 0 saturated heterocycles. The molecular formula is C20H23FN4. The molecule has 0 radical (unpaired) electrons. The van der Waals surface area contributed by atoms with Gasteiger partial charge in [-0.2, -0.15) is 5.10 Å². The van der Waals surface area contributed by atoms with Gasteiger partial charge in [-0.3, -0.25) is 4.90 Å². The fourth-order valence-electron chi connectivity index (χ4n) is 3.57. The summed E-state index contributed by atoms with van der Waals surface area (Å²) < 4.78 is 13.3. The first-order chi connectivity index (χ1) is 12.2. The molecule has 0 spiro atoms. The van der Waals surface area contributed by atoms with E-state index < -0.39 is 0 Å². The van der Waals surface area contributed by atoms with E-state index in [-0.39, 0.29) is 5.82 Å². The molecule has 0 N–H and O–H groups in total. The maximum absolute atomic E-state index is 13.3. The summed E-state index contributed by atoms with van der Waals surface area (Å²) in [5, 5.41) is 6.58. The topological polar surface area (TPSA) is 31.7 Å². The molecule has 2 aliphatic rings. The molecular weight excluding hydrogens is 315 g/mol. The first kappa shape index (κ1) is 16.2. The molecule has 1 aromatic carbocycles. The van der Waals surface area contributed by atoms with E-state index in [2.05, 4.69) is 23.1 Å². The van der Waals surface area contributed by atoms with E-state index in [4.69, 9.17) is 4.98 Å². The molecule has 4 rings (SSSR count). The minimum atomic E-state index is -0.202. The van der Waals surface area contributed by atoms with Crippen LogP contribution in [-0.2, 0) is 12.8 Å². The summed E-state index contributed by atoms with van der Waals surface area (Å²) in [6.45, 7) is 2.62. The zero-order valence-corrected chi connectivity index (χ0v) is 14.6. The van der Waals surface area contributed by atoms with Gasteiger partial charge in [0.05, 0.1) is 6.54 Å². The number of hydrogen-bond donors (Lipinski definition) is 0. The maximum Gasteiger partial charge on any atom is 0.149 e. The van der Waals surface area contributed by atoms with Gasteiger partial charge in [-0.15, -0.1) is 0 Å².